The first-order chi connectivity index (χ1) is 13.3. The average molecular weight is 385 g/mol. The molecule has 1 aromatic heterocycles. The van der Waals surface area contributed by atoms with E-state index in [1.165, 1.54) is 0 Å². The fraction of sp³-hybridized carbons (Fsp3) is 0.600. The van der Waals surface area contributed by atoms with Gasteiger partial charge in [-0.3, -0.25) is 9.69 Å². The van der Waals surface area contributed by atoms with Gasteiger partial charge in [-0.15, -0.1) is 0 Å². The number of nitriles is 1. The van der Waals surface area contributed by atoms with E-state index < -0.39 is 17.7 Å². The van der Waals surface area contributed by atoms with Crippen molar-refractivity contribution < 1.29 is 14.3 Å². The molecule has 2 amide bonds. The molecule has 2 aliphatic rings. The summed E-state index contributed by atoms with van der Waals surface area (Å²) >= 11 is 0. The zero-order valence-electron chi connectivity index (χ0n) is 16.7. The highest BCUT2D eigenvalue weighted by Gasteiger charge is 2.39. The summed E-state index contributed by atoms with van der Waals surface area (Å²) in [7, 11) is 0. The van der Waals surface area contributed by atoms with E-state index in [-0.39, 0.29) is 5.91 Å². The molecule has 150 valence electrons. The summed E-state index contributed by atoms with van der Waals surface area (Å²) in [5.74, 6) is 0.740. The first-order valence-electron chi connectivity index (χ1n) is 9.68. The number of piperazine rings is 1. The van der Waals surface area contributed by atoms with Gasteiger partial charge in [-0.05, 0) is 45.7 Å². The Balaban J connectivity index is 1.60. The maximum atomic E-state index is 13.0. The minimum absolute atomic E-state index is 0.0123. The Kier molecular flexibility index (Phi) is 5.73. The molecular weight excluding hydrogens is 358 g/mol. The van der Waals surface area contributed by atoms with Crippen molar-refractivity contribution in [1.29, 1.82) is 5.26 Å². The third kappa shape index (κ3) is 4.53. The molecule has 0 aromatic carbocycles. The second-order valence-electron chi connectivity index (χ2n) is 8.16. The van der Waals surface area contributed by atoms with Gasteiger partial charge in [0, 0.05) is 38.9 Å². The van der Waals surface area contributed by atoms with Gasteiger partial charge < -0.3 is 14.5 Å². The highest BCUT2D eigenvalue weighted by Crippen LogP contribution is 2.23. The molecule has 0 saturated carbocycles. The number of likely N-dealkylation sites (tertiary alicyclic amines) is 1. The fourth-order valence-electron chi connectivity index (χ4n) is 3.59. The number of hydrogen-bond acceptors (Lipinski definition) is 6. The summed E-state index contributed by atoms with van der Waals surface area (Å²) in [6.45, 7) is 8.45. The van der Waals surface area contributed by atoms with Crippen LogP contribution in [0.15, 0.2) is 18.3 Å². The quantitative estimate of drug-likeness (QED) is 0.773. The van der Waals surface area contributed by atoms with Gasteiger partial charge in [-0.1, -0.05) is 0 Å². The molecule has 3 heterocycles. The van der Waals surface area contributed by atoms with E-state index >= 15 is 0 Å². The van der Waals surface area contributed by atoms with Crippen molar-refractivity contribution in [3.63, 3.8) is 0 Å². The zero-order chi connectivity index (χ0) is 20.3. The second-order valence-corrected chi connectivity index (χ2v) is 8.16. The van der Waals surface area contributed by atoms with Crippen molar-refractivity contribution in [2.75, 3.05) is 37.6 Å². The molecular formula is C20H27N5O3. The molecule has 0 bridgehead atoms. The van der Waals surface area contributed by atoms with Crippen LogP contribution in [0.4, 0.5) is 10.6 Å². The second kappa shape index (κ2) is 8.05. The average Bonchev–Trinajstić information content (AvgIpc) is 3.16. The van der Waals surface area contributed by atoms with Crippen molar-refractivity contribution in [3.05, 3.63) is 23.9 Å². The predicted octanol–water partition coefficient (Wildman–Crippen LogP) is 2.00. The van der Waals surface area contributed by atoms with Crippen molar-refractivity contribution in [3.8, 4) is 6.07 Å². The van der Waals surface area contributed by atoms with Crippen LogP contribution in [0.25, 0.3) is 0 Å². The molecule has 0 aliphatic carbocycles. The highest BCUT2D eigenvalue weighted by atomic mass is 16.6. The maximum absolute atomic E-state index is 13.0. The number of anilines is 1. The monoisotopic (exact) mass is 385 g/mol. The van der Waals surface area contributed by atoms with E-state index in [2.05, 4.69) is 16.0 Å². The van der Waals surface area contributed by atoms with Gasteiger partial charge in [0.2, 0.25) is 5.91 Å². The molecule has 0 radical (unpaired) electrons. The highest BCUT2D eigenvalue weighted by molar-refractivity contribution is 5.86. The van der Waals surface area contributed by atoms with Crippen LogP contribution < -0.4 is 4.90 Å². The van der Waals surface area contributed by atoms with Crippen molar-refractivity contribution in [2.45, 2.75) is 45.3 Å². The number of hydrogen-bond donors (Lipinski definition) is 0. The van der Waals surface area contributed by atoms with Gasteiger partial charge in [0.1, 0.15) is 17.5 Å². The number of nitrogens with zero attached hydrogens (tertiary/aromatic N) is 5. The van der Waals surface area contributed by atoms with E-state index in [0.29, 0.717) is 44.7 Å². The van der Waals surface area contributed by atoms with Gasteiger partial charge in [0.05, 0.1) is 11.6 Å². The SMILES string of the molecule is CC(C)(C)OC(=O)N1CCC[C@@H]1C(=O)N1CCN(c2cc(C#N)ccn2)CC1. The third-order valence-corrected chi connectivity index (χ3v) is 4.96. The van der Waals surface area contributed by atoms with Crippen LogP contribution in [0.3, 0.4) is 0 Å². The van der Waals surface area contributed by atoms with Crippen molar-refractivity contribution in [1.82, 2.24) is 14.8 Å². The van der Waals surface area contributed by atoms with Crippen molar-refractivity contribution in [2.24, 2.45) is 0 Å². The van der Waals surface area contributed by atoms with Gasteiger partial charge in [-0.25, -0.2) is 9.78 Å². The summed E-state index contributed by atoms with van der Waals surface area (Å²) in [4.78, 5) is 35.3. The Labute approximate surface area is 165 Å². The molecule has 8 nitrogen and oxygen atoms in total. The number of aromatic nitrogens is 1. The molecule has 1 aromatic rings. The minimum atomic E-state index is -0.580. The van der Waals surface area contributed by atoms with Crippen LogP contribution in [0.5, 0.6) is 0 Å². The number of amides is 2. The molecule has 0 spiro atoms. The van der Waals surface area contributed by atoms with Crippen LogP contribution in [0.2, 0.25) is 0 Å². The fourth-order valence-corrected chi connectivity index (χ4v) is 3.59. The Morgan fingerprint density at radius 1 is 1.21 bits per heavy atom. The van der Waals surface area contributed by atoms with Gasteiger partial charge >= 0.3 is 6.09 Å². The van der Waals surface area contributed by atoms with Crippen LogP contribution in [-0.4, -0.2) is 71.2 Å². The Hall–Kier alpha value is -2.82. The standard InChI is InChI=1S/C20H27N5O3/c1-20(2,3)28-19(27)25-8-4-5-16(25)18(26)24-11-9-23(10-12-24)17-13-15(14-21)6-7-22-17/h6-7,13,16H,4-5,8-12H2,1-3H3/t16-/m1/s1. The smallest absolute Gasteiger partial charge is 0.410 e. The lowest BCUT2D eigenvalue weighted by Gasteiger charge is -2.38. The van der Waals surface area contributed by atoms with E-state index in [0.717, 1.165) is 12.2 Å². The lowest BCUT2D eigenvalue weighted by molar-refractivity contribution is -0.136. The van der Waals surface area contributed by atoms with E-state index in [1.807, 2.05) is 25.7 Å². The lowest BCUT2D eigenvalue weighted by Crippen LogP contribution is -2.55. The normalized spacial score (nSPS) is 20.1. The number of carbonyl (C=O) groups excluding carboxylic acids is 2. The summed E-state index contributed by atoms with van der Waals surface area (Å²) in [5, 5.41) is 9.05. The topological polar surface area (TPSA) is 89.8 Å². The molecule has 8 heteroatoms. The maximum Gasteiger partial charge on any atom is 0.410 e. The van der Waals surface area contributed by atoms with Gasteiger partial charge in [0.15, 0.2) is 0 Å². The number of carbonyl (C=O) groups is 2. The number of pyridine rings is 1. The molecule has 2 aliphatic heterocycles. The molecule has 0 N–H and O–H groups in total. The first kappa shape index (κ1) is 19.9. The van der Waals surface area contributed by atoms with E-state index in [9.17, 15) is 9.59 Å². The van der Waals surface area contributed by atoms with Gasteiger partial charge in [0.25, 0.3) is 0 Å². The number of rotatable bonds is 2. The summed E-state index contributed by atoms with van der Waals surface area (Å²) < 4.78 is 5.46. The lowest BCUT2D eigenvalue weighted by atomic mass is 10.1. The van der Waals surface area contributed by atoms with Crippen molar-refractivity contribution >= 4 is 17.8 Å². The molecule has 2 fully saturated rings. The Morgan fingerprint density at radius 3 is 2.57 bits per heavy atom. The molecule has 1 atom stereocenters. The zero-order valence-corrected chi connectivity index (χ0v) is 16.7. The Morgan fingerprint density at radius 2 is 1.93 bits per heavy atom. The van der Waals surface area contributed by atoms with E-state index in [4.69, 9.17) is 10.00 Å². The predicted molar refractivity (Wildman–Crippen MR) is 104 cm³/mol. The van der Waals surface area contributed by atoms with Crippen LogP contribution in [0.1, 0.15) is 39.2 Å². The summed E-state index contributed by atoms with van der Waals surface area (Å²) in [6.07, 6.45) is 2.69. The van der Waals surface area contributed by atoms with Gasteiger partial charge in [-0.2, -0.15) is 5.26 Å². The van der Waals surface area contributed by atoms with Crippen LogP contribution in [0, 0.1) is 11.3 Å². The van der Waals surface area contributed by atoms with Crippen LogP contribution >= 0.6 is 0 Å². The molecule has 2 saturated heterocycles. The first-order valence-corrected chi connectivity index (χ1v) is 9.68. The minimum Gasteiger partial charge on any atom is -0.444 e. The molecule has 3 rings (SSSR count). The third-order valence-electron chi connectivity index (χ3n) is 4.96. The van der Waals surface area contributed by atoms with Crippen LogP contribution in [-0.2, 0) is 9.53 Å². The van der Waals surface area contributed by atoms with E-state index in [1.54, 1.807) is 23.2 Å². The number of ether oxygens (including phenoxy) is 1. The summed E-state index contributed by atoms with van der Waals surface area (Å²) in [6, 6.07) is 5.12. The molecule has 28 heavy (non-hydrogen) atoms. The summed E-state index contributed by atoms with van der Waals surface area (Å²) in [5.41, 5.74) is -0.00778. The molecule has 0 unspecified atom stereocenters. The largest absolute Gasteiger partial charge is 0.444 e. The Bertz CT molecular complexity index is 775.